The normalized spacial score (nSPS) is 11.2. The van der Waals surface area contributed by atoms with Crippen LogP contribution in [-0.4, -0.2) is 45.8 Å². The SMILES string of the molecule is CCc1nncn1CCNC(=NCCc1cccs1)N(C)Cc1ccc(C)cc1.I. The summed E-state index contributed by atoms with van der Waals surface area (Å²) in [5, 5.41) is 13.8. The largest absolute Gasteiger partial charge is 0.354 e. The van der Waals surface area contributed by atoms with Crippen molar-refractivity contribution < 1.29 is 0 Å². The Bertz CT molecular complexity index is 889. The molecule has 162 valence electrons. The number of hydrogen-bond donors (Lipinski definition) is 1. The summed E-state index contributed by atoms with van der Waals surface area (Å²) >= 11 is 1.79. The predicted octanol–water partition coefficient (Wildman–Crippen LogP) is 4.15. The van der Waals surface area contributed by atoms with Crippen molar-refractivity contribution >= 4 is 41.3 Å². The molecule has 0 aliphatic rings. The van der Waals surface area contributed by atoms with Gasteiger partial charge in [0.05, 0.1) is 0 Å². The summed E-state index contributed by atoms with van der Waals surface area (Å²) in [6.07, 6.45) is 3.64. The van der Waals surface area contributed by atoms with Crippen LogP contribution in [0.5, 0.6) is 0 Å². The molecule has 0 radical (unpaired) electrons. The van der Waals surface area contributed by atoms with Gasteiger partial charge in [-0.3, -0.25) is 4.99 Å². The highest BCUT2D eigenvalue weighted by atomic mass is 127. The fourth-order valence-electron chi connectivity index (χ4n) is 3.11. The molecule has 3 aromatic rings. The Labute approximate surface area is 200 Å². The van der Waals surface area contributed by atoms with E-state index in [1.807, 2.05) is 0 Å². The van der Waals surface area contributed by atoms with Gasteiger partial charge in [-0.1, -0.05) is 42.8 Å². The molecule has 1 aromatic carbocycles. The minimum atomic E-state index is 0. The lowest BCUT2D eigenvalue weighted by Gasteiger charge is -2.23. The Morgan fingerprint density at radius 1 is 1.23 bits per heavy atom. The molecule has 6 nitrogen and oxygen atoms in total. The second kappa shape index (κ2) is 12.7. The number of nitrogens with one attached hydrogen (secondary N) is 1. The first kappa shape index (κ1) is 24.3. The van der Waals surface area contributed by atoms with Crippen LogP contribution >= 0.6 is 35.3 Å². The van der Waals surface area contributed by atoms with Crippen molar-refractivity contribution in [3.8, 4) is 0 Å². The summed E-state index contributed by atoms with van der Waals surface area (Å²) in [6.45, 7) is 7.40. The average Bonchev–Trinajstić information content (AvgIpc) is 3.40. The Kier molecular flexibility index (Phi) is 10.3. The molecule has 8 heteroatoms. The van der Waals surface area contributed by atoms with Crippen LogP contribution in [0.3, 0.4) is 0 Å². The van der Waals surface area contributed by atoms with Gasteiger partial charge in [0.15, 0.2) is 5.96 Å². The van der Waals surface area contributed by atoms with Crippen LogP contribution in [0.4, 0.5) is 0 Å². The number of rotatable bonds is 9. The van der Waals surface area contributed by atoms with Gasteiger partial charge < -0.3 is 14.8 Å². The van der Waals surface area contributed by atoms with E-state index in [-0.39, 0.29) is 24.0 Å². The van der Waals surface area contributed by atoms with E-state index >= 15 is 0 Å². The molecular weight excluding hydrogens is 507 g/mol. The lowest BCUT2D eigenvalue weighted by atomic mass is 10.1. The minimum Gasteiger partial charge on any atom is -0.354 e. The standard InChI is InChI=1S/C22H30N6S.HI/c1-4-21-26-25-17-28(21)14-13-24-22(23-12-11-20-6-5-15-29-20)27(3)16-19-9-7-18(2)8-10-19;/h5-10,15,17H,4,11-14,16H2,1-3H3,(H,23,24);1H. The highest BCUT2D eigenvalue weighted by Gasteiger charge is 2.08. The molecule has 2 aromatic heterocycles. The summed E-state index contributed by atoms with van der Waals surface area (Å²) < 4.78 is 2.09. The minimum absolute atomic E-state index is 0. The lowest BCUT2D eigenvalue weighted by Crippen LogP contribution is -2.40. The highest BCUT2D eigenvalue weighted by Crippen LogP contribution is 2.10. The van der Waals surface area contributed by atoms with Gasteiger partial charge in [-0.15, -0.1) is 45.5 Å². The van der Waals surface area contributed by atoms with Gasteiger partial charge in [0.2, 0.25) is 0 Å². The second-order valence-corrected chi connectivity index (χ2v) is 8.13. The van der Waals surface area contributed by atoms with Crippen molar-refractivity contribution in [2.45, 2.75) is 39.8 Å². The number of thiophene rings is 1. The van der Waals surface area contributed by atoms with Crippen molar-refractivity contribution in [1.82, 2.24) is 25.0 Å². The number of hydrogen-bond acceptors (Lipinski definition) is 4. The van der Waals surface area contributed by atoms with E-state index < -0.39 is 0 Å². The van der Waals surface area contributed by atoms with Crippen LogP contribution in [0, 0.1) is 6.92 Å². The Morgan fingerprint density at radius 3 is 2.73 bits per heavy atom. The van der Waals surface area contributed by atoms with Crippen LogP contribution in [-0.2, 0) is 25.9 Å². The molecule has 0 bridgehead atoms. The molecule has 0 aliphatic carbocycles. The molecule has 0 saturated carbocycles. The maximum Gasteiger partial charge on any atom is 0.194 e. The van der Waals surface area contributed by atoms with Crippen molar-refractivity contribution in [3.63, 3.8) is 0 Å². The van der Waals surface area contributed by atoms with Crippen molar-refractivity contribution in [3.05, 3.63) is 69.9 Å². The van der Waals surface area contributed by atoms with E-state index in [4.69, 9.17) is 4.99 Å². The lowest BCUT2D eigenvalue weighted by molar-refractivity contribution is 0.470. The van der Waals surface area contributed by atoms with Gasteiger partial charge in [-0.2, -0.15) is 0 Å². The highest BCUT2D eigenvalue weighted by molar-refractivity contribution is 14.0. The molecule has 0 amide bonds. The zero-order valence-corrected chi connectivity index (χ0v) is 21.1. The van der Waals surface area contributed by atoms with Crippen LogP contribution in [0.2, 0.25) is 0 Å². The zero-order chi connectivity index (χ0) is 20.5. The van der Waals surface area contributed by atoms with Gasteiger partial charge in [-0.05, 0) is 23.9 Å². The number of benzene rings is 1. The van der Waals surface area contributed by atoms with E-state index in [2.05, 4.69) is 87.7 Å². The number of aromatic nitrogens is 3. The first-order chi connectivity index (χ1) is 14.2. The van der Waals surface area contributed by atoms with Crippen LogP contribution in [0.25, 0.3) is 0 Å². The molecule has 0 atom stereocenters. The average molecular weight is 539 g/mol. The molecule has 0 aliphatic heterocycles. The molecule has 3 rings (SSSR count). The molecule has 0 fully saturated rings. The first-order valence-electron chi connectivity index (χ1n) is 10.1. The van der Waals surface area contributed by atoms with E-state index in [0.717, 1.165) is 50.8 Å². The predicted molar refractivity (Wildman–Crippen MR) is 136 cm³/mol. The van der Waals surface area contributed by atoms with Crippen LogP contribution in [0.15, 0.2) is 53.1 Å². The maximum absolute atomic E-state index is 4.87. The number of guanidine groups is 1. The molecule has 30 heavy (non-hydrogen) atoms. The monoisotopic (exact) mass is 538 g/mol. The molecular formula is C22H31IN6S. The van der Waals surface area contributed by atoms with E-state index in [0.29, 0.717) is 0 Å². The Hall–Kier alpha value is -1.94. The molecule has 1 N–H and O–H groups in total. The van der Waals surface area contributed by atoms with Crippen LogP contribution in [0.1, 0.15) is 28.8 Å². The van der Waals surface area contributed by atoms with Crippen molar-refractivity contribution in [2.75, 3.05) is 20.1 Å². The van der Waals surface area contributed by atoms with Crippen molar-refractivity contribution in [2.24, 2.45) is 4.99 Å². The Morgan fingerprint density at radius 2 is 2.03 bits per heavy atom. The summed E-state index contributed by atoms with van der Waals surface area (Å²) in [5.41, 5.74) is 2.55. The Balaban J connectivity index is 0.00000320. The first-order valence-corrected chi connectivity index (χ1v) is 11.0. The number of halogens is 1. The van der Waals surface area contributed by atoms with Crippen molar-refractivity contribution in [1.29, 1.82) is 0 Å². The van der Waals surface area contributed by atoms with E-state index in [1.54, 1.807) is 17.7 Å². The van der Waals surface area contributed by atoms with Gasteiger partial charge in [0.25, 0.3) is 0 Å². The van der Waals surface area contributed by atoms with Gasteiger partial charge >= 0.3 is 0 Å². The molecule has 0 saturated heterocycles. The third-order valence-corrected chi connectivity index (χ3v) is 5.69. The van der Waals surface area contributed by atoms with E-state index in [1.165, 1.54) is 16.0 Å². The summed E-state index contributed by atoms with van der Waals surface area (Å²) in [7, 11) is 2.09. The molecule has 0 spiro atoms. The topological polar surface area (TPSA) is 58.3 Å². The fraction of sp³-hybridized carbons (Fsp3) is 0.409. The molecule has 0 unspecified atom stereocenters. The smallest absolute Gasteiger partial charge is 0.194 e. The van der Waals surface area contributed by atoms with E-state index in [9.17, 15) is 0 Å². The summed E-state index contributed by atoms with van der Waals surface area (Å²) in [5.74, 6) is 1.93. The maximum atomic E-state index is 4.87. The fourth-order valence-corrected chi connectivity index (χ4v) is 3.81. The summed E-state index contributed by atoms with van der Waals surface area (Å²) in [4.78, 5) is 8.42. The van der Waals surface area contributed by atoms with Gasteiger partial charge in [0.1, 0.15) is 12.2 Å². The van der Waals surface area contributed by atoms with Gasteiger partial charge in [0, 0.05) is 50.9 Å². The molecule has 2 heterocycles. The number of aliphatic imine (C=N–C) groups is 1. The third kappa shape index (κ3) is 7.39. The number of nitrogens with zero attached hydrogens (tertiary/aromatic N) is 5. The second-order valence-electron chi connectivity index (χ2n) is 7.10. The van der Waals surface area contributed by atoms with Crippen LogP contribution < -0.4 is 5.32 Å². The number of aryl methyl sites for hydroxylation is 2. The van der Waals surface area contributed by atoms with Gasteiger partial charge in [-0.25, -0.2) is 0 Å². The quantitative estimate of drug-likeness (QED) is 0.253. The third-order valence-electron chi connectivity index (χ3n) is 4.75. The zero-order valence-electron chi connectivity index (χ0n) is 17.9. The summed E-state index contributed by atoms with van der Waals surface area (Å²) in [6, 6.07) is 12.9.